The predicted octanol–water partition coefficient (Wildman–Crippen LogP) is 2.94. The Morgan fingerprint density at radius 3 is 1.80 bits per heavy atom. The van der Waals surface area contributed by atoms with Crippen LogP contribution in [-0.2, 0) is 0 Å². The van der Waals surface area contributed by atoms with Gasteiger partial charge in [0.05, 0.1) is 0 Å². The maximum atomic E-state index is 3.10. The molecule has 0 saturated carbocycles. The highest BCUT2D eigenvalue weighted by Crippen LogP contribution is 1.91. The van der Waals surface area contributed by atoms with Crippen molar-refractivity contribution in [3.8, 4) is 0 Å². The van der Waals surface area contributed by atoms with Crippen molar-refractivity contribution in [1.82, 2.24) is 5.32 Å². The largest absolute Gasteiger partial charge is 0.391 e. The number of hydrogen-bond acceptors (Lipinski definition) is 1. The molecule has 1 heteroatoms. The molecule has 0 fully saturated rings. The molecule has 1 nitrogen and oxygen atoms in total. The van der Waals surface area contributed by atoms with Crippen LogP contribution < -0.4 is 5.32 Å². The van der Waals surface area contributed by atoms with E-state index in [0.717, 1.165) is 6.54 Å². The number of allylic oxidation sites excluding steroid dienone is 1. The third kappa shape index (κ3) is 10.5. The molecule has 62 valence electrons. The lowest BCUT2D eigenvalue weighted by atomic mass is 10.2. The Morgan fingerprint density at radius 1 is 1.10 bits per heavy atom. The van der Waals surface area contributed by atoms with E-state index in [9.17, 15) is 0 Å². The van der Waals surface area contributed by atoms with Gasteiger partial charge in [-0.3, -0.25) is 0 Å². The Bertz CT molecular complexity index is 49.7. The van der Waals surface area contributed by atoms with Crippen molar-refractivity contribution in [3.63, 3.8) is 0 Å². The van der Waals surface area contributed by atoms with Gasteiger partial charge >= 0.3 is 0 Å². The summed E-state index contributed by atoms with van der Waals surface area (Å²) < 4.78 is 0. The van der Waals surface area contributed by atoms with Gasteiger partial charge in [-0.25, -0.2) is 0 Å². The van der Waals surface area contributed by atoms with Gasteiger partial charge < -0.3 is 5.32 Å². The summed E-state index contributed by atoms with van der Waals surface area (Å²) in [7, 11) is 0. The molecule has 0 radical (unpaired) electrons. The summed E-state index contributed by atoms with van der Waals surface area (Å²) in [6, 6.07) is 0. The van der Waals surface area contributed by atoms with Gasteiger partial charge in [-0.2, -0.15) is 0 Å². The summed E-state index contributed by atoms with van der Waals surface area (Å²) in [5.74, 6) is 0. The summed E-state index contributed by atoms with van der Waals surface area (Å²) in [5.41, 5.74) is 0. The molecular formula is C9H21N. The number of rotatable bonds is 0. The smallest absolute Gasteiger partial charge is 0.0144 e. The van der Waals surface area contributed by atoms with Crippen LogP contribution in [0.1, 0.15) is 40.5 Å². The topological polar surface area (TPSA) is 12.0 Å². The van der Waals surface area contributed by atoms with E-state index in [1.165, 1.54) is 12.8 Å². The van der Waals surface area contributed by atoms with Gasteiger partial charge in [-0.1, -0.05) is 33.8 Å². The van der Waals surface area contributed by atoms with Crippen molar-refractivity contribution in [1.29, 1.82) is 0 Å². The first-order valence-corrected chi connectivity index (χ1v) is 4.38. The molecule has 1 heterocycles. The van der Waals surface area contributed by atoms with Crippen molar-refractivity contribution in [2.24, 2.45) is 0 Å². The molecule has 0 aromatic rings. The molecule has 10 heavy (non-hydrogen) atoms. The molecule has 0 aromatic heterocycles. The highest BCUT2D eigenvalue weighted by atomic mass is 14.8. The summed E-state index contributed by atoms with van der Waals surface area (Å²) in [5, 5.41) is 3.10. The highest BCUT2D eigenvalue weighted by Gasteiger charge is 1.84. The van der Waals surface area contributed by atoms with Crippen LogP contribution >= 0.6 is 0 Å². The molecule has 1 aliphatic rings. The van der Waals surface area contributed by atoms with Crippen molar-refractivity contribution in [2.45, 2.75) is 40.5 Å². The van der Waals surface area contributed by atoms with Gasteiger partial charge in [-0.15, -0.1) is 0 Å². The molecule has 0 bridgehead atoms. The van der Waals surface area contributed by atoms with Crippen LogP contribution in [0, 0.1) is 0 Å². The van der Waals surface area contributed by atoms with Gasteiger partial charge in [0, 0.05) is 6.54 Å². The minimum Gasteiger partial charge on any atom is -0.391 e. The van der Waals surface area contributed by atoms with E-state index >= 15 is 0 Å². The van der Waals surface area contributed by atoms with Gasteiger partial charge in [0.2, 0.25) is 0 Å². The fourth-order valence-corrected chi connectivity index (χ4v) is 0.572. The first kappa shape index (κ1) is 12.2. The second-order valence-electron chi connectivity index (χ2n) is 1.50. The van der Waals surface area contributed by atoms with E-state index in [-0.39, 0.29) is 0 Å². The molecule has 0 saturated heterocycles. The van der Waals surface area contributed by atoms with Crippen molar-refractivity contribution >= 4 is 0 Å². The maximum Gasteiger partial charge on any atom is 0.0144 e. The summed E-state index contributed by atoms with van der Waals surface area (Å²) in [6.45, 7) is 9.16. The molecule has 0 amide bonds. The van der Waals surface area contributed by atoms with E-state index in [0.29, 0.717) is 0 Å². The molecule has 0 aliphatic carbocycles. The molecule has 1 N–H and O–H groups in total. The van der Waals surface area contributed by atoms with Gasteiger partial charge in [-0.05, 0) is 19.0 Å². The minimum atomic E-state index is 1.16. The van der Waals surface area contributed by atoms with Crippen LogP contribution in [0.5, 0.6) is 0 Å². The molecule has 0 aromatic carbocycles. The van der Waals surface area contributed by atoms with Crippen LogP contribution in [0.15, 0.2) is 12.3 Å². The molecule has 0 unspecified atom stereocenters. The van der Waals surface area contributed by atoms with Crippen LogP contribution in [0.2, 0.25) is 0 Å². The molecule has 1 rings (SSSR count). The van der Waals surface area contributed by atoms with Crippen LogP contribution in [0.3, 0.4) is 0 Å². The molecular weight excluding hydrogens is 122 g/mol. The van der Waals surface area contributed by atoms with Gasteiger partial charge in [0.15, 0.2) is 0 Å². The first-order valence-electron chi connectivity index (χ1n) is 4.38. The minimum absolute atomic E-state index is 1.16. The standard InChI is InChI=1S/C5H9N.2C2H6/c1-2-4-6-5-3-1;2*1-2/h2,4,6H,1,3,5H2;2*1-2H3. The average molecular weight is 143 g/mol. The zero-order valence-electron chi connectivity index (χ0n) is 7.78. The lowest BCUT2D eigenvalue weighted by Crippen LogP contribution is -2.09. The van der Waals surface area contributed by atoms with Gasteiger partial charge in [0.1, 0.15) is 0 Å². The molecule has 0 atom stereocenters. The SMILES string of the molecule is C1=CNCCC1.CC.CC. The van der Waals surface area contributed by atoms with E-state index in [1.807, 2.05) is 33.9 Å². The Balaban J connectivity index is 0. The third-order valence-electron chi connectivity index (χ3n) is 0.928. The van der Waals surface area contributed by atoms with Crippen molar-refractivity contribution < 1.29 is 0 Å². The Hall–Kier alpha value is -0.460. The normalized spacial score (nSPS) is 13.2. The quantitative estimate of drug-likeness (QED) is 0.549. The van der Waals surface area contributed by atoms with Crippen LogP contribution in [0.4, 0.5) is 0 Å². The maximum absolute atomic E-state index is 3.10. The van der Waals surface area contributed by atoms with E-state index in [4.69, 9.17) is 0 Å². The van der Waals surface area contributed by atoms with Gasteiger partial charge in [0.25, 0.3) is 0 Å². The van der Waals surface area contributed by atoms with Crippen molar-refractivity contribution in [2.75, 3.05) is 6.54 Å². The summed E-state index contributed by atoms with van der Waals surface area (Å²) in [6.07, 6.45) is 6.73. The second-order valence-corrected chi connectivity index (χ2v) is 1.50. The Labute approximate surface area is 65.5 Å². The van der Waals surface area contributed by atoms with Crippen LogP contribution in [-0.4, -0.2) is 6.54 Å². The zero-order valence-corrected chi connectivity index (χ0v) is 7.78. The summed E-state index contributed by atoms with van der Waals surface area (Å²) in [4.78, 5) is 0. The molecule has 0 spiro atoms. The van der Waals surface area contributed by atoms with Crippen LogP contribution in [0.25, 0.3) is 0 Å². The second kappa shape index (κ2) is 15.8. The average Bonchev–Trinajstić information content (AvgIpc) is 2.14. The van der Waals surface area contributed by atoms with E-state index in [2.05, 4.69) is 11.4 Å². The number of nitrogens with one attached hydrogen (secondary N) is 1. The Kier molecular flexibility index (Phi) is 19.4. The predicted molar refractivity (Wildman–Crippen MR) is 49.1 cm³/mol. The fraction of sp³-hybridized carbons (Fsp3) is 0.778. The fourth-order valence-electron chi connectivity index (χ4n) is 0.572. The number of hydrogen-bond donors (Lipinski definition) is 1. The zero-order chi connectivity index (χ0) is 8.24. The Morgan fingerprint density at radius 2 is 1.70 bits per heavy atom. The van der Waals surface area contributed by atoms with E-state index in [1.54, 1.807) is 0 Å². The first-order chi connectivity index (χ1) is 5.00. The lowest BCUT2D eigenvalue weighted by Gasteiger charge is -2.02. The monoisotopic (exact) mass is 143 g/mol. The lowest BCUT2D eigenvalue weighted by molar-refractivity contribution is 0.728. The third-order valence-corrected chi connectivity index (χ3v) is 0.928. The highest BCUT2D eigenvalue weighted by molar-refractivity contribution is 4.83. The molecule has 1 aliphatic heterocycles. The van der Waals surface area contributed by atoms with E-state index < -0.39 is 0 Å². The summed E-state index contributed by atoms with van der Waals surface area (Å²) >= 11 is 0. The van der Waals surface area contributed by atoms with Crippen molar-refractivity contribution in [3.05, 3.63) is 12.3 Å².